The number of ether oxygens (including phenoxy) is 1. The minimum atomic E-state index is -1.21. The molecule has 2 aromatic carbocycles. The summed E-state index contributed by atoms with van der Waals surface area (Å²) >= 11 is 6.19. The van der Waals surface area contributed by atoms with Crippen molar-refractivity contribution < 1.29 is 19.1 Å². The van der Waals surface area contributed by atoms with Gasteiger partial charge >= 0.3 is 12.1 Å². The van der Waals surface area contributed by atoms with Gasteiger partial charge in [0.15, 0.2) is 5.69 Å². The lowest BCUT2D eigenvalue weighted by molar-refractivity contribution is -0.120. The summed E-state index contributed by atoms with van der Waals surface area (Å²) in [5, 5.41) is 2.74. The highest BCUT2D eigenvalue weighted by Gasteiger charge is 2.52. The number of nitrogens with two attached hydrogens (primary N) is 1. The van der Waals surface area contributed by atoms with Crippen LogP contribution in [0.4, 0.5) is 32.3 Å². The van der Waals surface area contributed by atoms with Crippen LogP contribution in [0, 0.1) is 13.5 Å². The lowest BCUT2D eigenvalue weighted by Gasteiger charge is -2.28. The molecule has 9 nitrogen and oxygen atoms in total. The zero-order chi connectivity index (χ0) is 23.6. The summed E-state index contributed by atoms with van der Waals surface area (Å²) in [7, 11) is 0. The van der Waals surface area contributed by atoms with Crippen LogP contribution >= 0.6 is 11.6 Å². The zero-order valence-corrected chi connectivity index (χ0v) is 18.6. The Morgan fingerprint density at radius 1 is 1.22 bits per heavy atom. The number of nitrogens with one attached hydrogen (secondary N) is 1. The van der Waals surface area contributed by atoms with Gasteiger partial charge in [-0.15, -0.1) is 0 Å². The summed E-state index contributed by atoms with van der Waals surface area (Å²) in [6, 6.07) is 8.81. The second kappa shape index (κ2) is 8.86. The van der Waals surface area contributed by atoms with Crippen molar-refractivity contribution >= 4 is 52.4 Å². The van der Waals surface area contributed by atoms with Gasteiger partial charge in [0.1, 0.15) is 12.1 Å². The molecule has 32 heavy (non-hydrogen) atoms. The number of carbonyl (C=O) groups excluding carboxylic acids is 3. The van der Waals surface area contributed by atoms with E-state index in [0.29, 0.717) is 22.6 Å². The van der Waals surface area contributed by atoms with Crippen LogP contribution in [0.3, 0.4) is 0 Å². The standard InChI is InChI=1S/C22H22ClN5O4/c1-13-11-14(6-8-17(13)25-4)27-19(29)22(2,3)28(21(27)31)15-5-7-16(23)18(12-15)26-20(30)32-10-9-24/h5-8,11-12H,9-10,24H2,1-3H3,(H,26,30). The Morgan fingerprint density at radius 3 is 2.53 bits per heavy atom. The van der Waals surface area contributed by atoms with E-state index in [2.05, 4.69) is 10.2 Å². The lowest BCUT2D eigenvalue weighted by atomic mass is 10.0. The van der Waals surface area contributed by atoms with Gasteiger partial charge in [-0.1, -0.05) is 17.7 Å². The molecule has 3 N–H and O–H groups in total. The Labute approximate surface area is 190 Å². The molecule has 0 atom stereocenters. The Morgan fingerprint density at radius 2 is 1.91 bits per heavy atom. The van der Waals surface area contributed by atoms with Crippen LogP contribution < -0.4 is 20.9 Å². The topological polar surface area (TPSA) is 109 Å². The van der Waals surface area contributed by atoms with Crippen molar-refractivity contribution in [2.75, 3.05) is 28.3 Å². The molecule has 4 amide bonds. The molecule has 166 valence electrons. The molecule has 0 unspecified atom stereocenters. The van der Waals surface area contributed by atoms with E-state index in [4.69, 9.17) is 28.6 Å². The molecule has 1 heterocycles. The van der Waals surface area contributed by atoms with Gasteiger partial charge in [-0.05, 0) is 56.7 Å². The van der Waals surface area contributed by atoms with Gasteiger partial charge in [-0.2, -0.15) is 0 Å². The highest BCUT2D eigenvalue weighted by molar-refractivity contribution is 6.34. The predicted octanol–water partition coefficient (Wildman–Crippen LogP) is 4.46. The molecule has 0 spiro atoms. The van der Waals surface area contributed by atoms with Crippen LogP contribution in [0.25, 0.3) is 4.85 Å². The second-order valence-corrected chi connectivity index (χ2v) is 8.02. The van der Waals surface area contributed by atoms with Crippen LogP contribution in [0.15, 0.2) is 36.4 Å². The maximum Gasteiger partial charge on any atom is 0.411 e. The van der Waals surface area contributed by atoms with E-state index in [-0.39, 0.29) is 23.9 Å². The van der Waals surface area contributed by atoms with Gasteiger partial charge in [0.25, 0.3) is 5.91 Å². The average Bonchev–Trinajstić information content (AvgIpc) is 2.92. The molecule has 0 bridgehead atoms. The van der Waals surface area contributed by atoms with E-state index < -0.39 is 23.6 Å². The molecule has 1 aliphatic heterocycles. The van der Waals surface area contributed by atoms with E-state index >= 15 is 0 Å². The molecular formula is C22H22ClN5O4. The normalized spacial score (nSPS) is 15.0. The third kappa shape index (κ3) is 4.10. The van der Waals surface area contributed by atoms with Crippen LogP contribution in [0.5, 0.6) is 0 Å². The smallest absolute Gasteiger partial charge is 0.411 e. The number of nitrogens with zero attached hydrogens (tertiary/aromatic N) is 3. The second-order valence-electron chi connectivity index (χ2n) is 7.61. The SMILES string of the molecule is [C-]#[N+]c1ccc(N2C(=O)N(c3ccc(Cl)c(NC(=O)OCCN)c3)C(C)(C)C2=O)cc1C. The van der Waals surface area contributed by atoms with Crippen LogP contribution in [-0.4, -0.2) is 36.7 Å². The fourth-order valence-corrected chi connectivity index (χ4v) is 3.57. The number of hydrogen-bond acceptors (Lipinski definition) is 5. The summed E-state index contributed by atoms with van der Waals surface area (Å²) in [5.41, 5.74) is 6.17. The number of imide groups is 1. The molecule has 1 aliphatic rings. The van der Waals surface area contributed by atoms with Crippen molar-refractivity contribution in [2.24, 2.45) is 5.73 Å². The molecular weight excluding hydrogens is 434 g/mol. The van der Waals surface area contributed by atoms with E-state index in [1.807, 2.05) is 0 Å². The molecule has 10 heteroatoms. The maximum absolute atomic E-state index is 13.4. The first-order chi connectivity index (χ1) is 15.1. The van der Waals surface area contributed by atoms with Gasteiger partial charge < -0.3 is 10.5 Å². The van der Waals surface area contributed by atoms with E-state index in [0.717, 1.165) is 4.90 Å². The van der Waals surface area contributed by atoms with Gasteiger partial charge in [0, 0.05) is 12.2 Å². The monoisotopic (exact) mass is 455 g/mol. The van der Waals surface area contributed by atoms with Gasteiger partial charge in [0.05, 0.1) is 23.0 Å². The summed E-state index contributed by atoms with van der Waals surface area (Å²) in [6.45, 7) is 12.4. The summed E-state index contributed by atoms with van der Waals surface area (Å²) < 4.78 is 4.90. The highest BCUT2D eigenvalue weighted by atomic mass is 35.5. The van der Waals surface area contributed by atoms with Crippen LogP contribution in [0.1, 0.15) is 19.4 Å². The number of halogens is 1. The first-order valence-electron chi connectivity index (χ1n) is 9.72. The van der Waals surface area contributed by atoms with Crippen molar-refractivity contribution in [1.82, 2.24) is 0 Å². The number of amides is 4. The Hall–Kier alpha value is -3.61. The largest absolute Gasteiger partial charge is 0.448 e. The molecule has 0 saturated carbocycles. The number of urea groups is 1. The van der Waals surface area contributed by atoms with Crippen molar-refractivity contribution in [3.63, 3.8) is 0 Å². The summed E-state index contributed by atoms with van der Waals surface area (Å²) in [6.07, 6.45) is -0.741. The summed E-state index contributed by atoms with van der Waals surface area (Å²) in [5.74, 6) is -0.427. The minimum absolute atomic E-state index is 0.0377. The van der Waals surface area contributed by atoms with Gasteiger partial charge in [-0.3, -0.25) is 15.0 Å². The molecule has 1 saturated heterocycles. The first kappa shape index (κ1) is 23.1. The third-order valence-electron chi connectivity index (χ3n) is 5.02. The zero-order valence-electron chi connectivity index (χ0n) is 17.8. The van der Waals surface area contributed by atoms with Crippen molar-refractivity contribution in [2.45, 2.75) is 26.3 Å². The number of benzene rings is 2. The van der Waals surface area contributed by atoms with E-state index in [1.165, 1.54) is 17.0 Å². The van der Waals surface area contributed by atoms with Crippen LogP contribution in [-0.2, 0) is 9.53 Å². The van der Waals surface area contributed by atoms with Crippen molar-refractivity contribution in [1.29, 1.82) is 0 Å². The molecule has 2 aromatic rings. The van der Waals surface area contributed by atoms with Crippen molar-refractivity contribution in [3.05, 3.63) is 58.4 Å². The number of aryl methyl sites for hydroxylation is 1. The predicted molar refractivity (Wildman–Crippen MR) is 122 cm³/mol. The Bertz CT molecular complexity index is 1140. The molecule has 1 fully saturated rings. The third-order valence-corrected chi connectivity index (χ3v) is 5.35. The van der Waals surface area contributed by atoms with Crippen LogP contribution in [0.2, 0.25) is 5.02 Å². The fraction of sp³-hybridized carbons (Fsp3) is 0.273. The first-order valence-corrected chi connectivity index (χ1v) is 10.1. The van der Waals surface area contributed by atoms with E-state index in [1.54, 1.807) is 45.0 Å². The highest BCUT2D eigenvalue weighted by Crippen LogP contribution is 2.39. The Kier molecular flexibility index (Phi) is 6.39. The minimum Gasteiger partial charge on any atom is -0.448 e. The van der Waals surface area contributed by atoms with Gasteiger partial charge in [0.2, 0.25) is 0 Å². The quantitative estimate of drug-likeness (QED) is 0.511. The number of rotatable bonds is 5. The number of hydrogen-bond donors (Lipinski definition) is 2. The molecule has 0 radical (unpaired) electrons. The van der Waals surface area contributed by atoms with Crippen molar-refractivity contribution in [3.8, 4) is 0 Å². The molecule has 0 aliphatic carbocycles. The number of carbonyl (C=O) groups is 3. The Balaban J connectivity index is 1.98. The molecule has 0 aromatic heterocycles. The number of anilines is 3. The summed E-state index contributed by atoms with van der Waals surface area (Å²) in [4.78, 5) is 44.3. The fourth-order valence-electron chi connectivity index (χ4n) is 3.41. The van der Waals surface area contributed by atoms with Gasteiger partial charge in [-0.25, -0.2) is 19.3 Å². The maximum atomic E-state index is 13.4. The van der Waals surface area contributed by atoms with E-state index in [9.17, 15) is 14.4 Å². The average molecular weight is 456 g/mol. The lowest BCUT2D eigenvalue weighted by Crippen LogP contribution is -2.44. The molecule has 3 rings (SSSR count).